The fraction of sp³-hybridized carbons (Fsp3) is 0.423. The molecular formula is C26H31N2. The van der Waals surface area contributed by atoms with Crippen LogP contribution < -0.4 is 0 Å². The maximum atomic E-state index is 4.91. The van der Waals surface area contributed by atoms with Crippen LogP contribution in [0.1, 0.15) is 72.4 Å². The van der Waals surface area contributed by atoms with Crippen LogP contribution in [-0.2, 0) is 0 Å². The summed E-state index contributed by atoms with van der Waals surface area (Å²) in [6.45, 7) is 6.65. The summed E-state index contributed by atoms with van der Waals surface area (Å²) in [5, 5.41) is 0. The lowest BCUT2D eigenvalue weighted by molar-refractivity contribution is 0.404. The van der Waals surface area contributed by atoms with Crippen LogP contribution in [-0.4, -0.2) is 9.55 Å². The summed E-state index contributed by atoms with van der Waals surface area (Å²) >= 11 is 0. The normalized spacial score (nSPS) is 16.7. The van der Waals surface area contributed by atoms with Gasteiger partial charge in [-0.15, -0.1) is 0 Å². The Morgan fingerprint density at radius 2 is 1.71 bits per heavy atom. The van der Waals surface area contributed by atoms with E-state index in [1.165, 1.54) is 72.2 Å². The summed E-state index contributed by atoms with van der Waals surface area (Å²) in [6, 6.07) is 14.4. The molecule has 1 fully saturated rings. The van der Waals surface area contributed by atoms with E-state index >= 15 is 0 Å². The van der Waals surface area contributed by atoms with Crippen molar-refractivity contribution < 1.29 is 0 Å². The highest BCUT2D eigenvalue weighted by Crippen LogP contribution is 2.42. The van der Waals surface area contributed by atoms with E-state index in [1.54, 1.807) is 0 Å². The predicted octanol–water partition coefficient (Wildman–Crippen LogP) is 6.70. The molecule has 145 valence electrons. The number of aromatic nitrogens is 2. The first-order valence-electron chi connectivity index (χ1n) is 10.7. The van der Waals surface area contributed by atoms with E-state index in [2.05, 4.69) is 74.1 Å². The number of hydrogen-bond acceptors (Lipinski definition) is 1. The lowest BCUT2D eigenvalue weighted by Gasteiger charge is -2.29. The van der Waals surface area contributed by atoms with Crippen LogP contribution in [0.25, 0.3) is 5.69 Å². The van der Waals surface area contributed by atoms with Crippen LogP contribution in [0.2, 0.25) is 0 Å². The van der Waals surface area contributed by atoms with Crippen molar-refractivity contribution in [3.05, 3.63) is 82.9 Å². The highest BCUT2D eigenvalue weighted by Gasteiger charge is 2.29. The molecule has 0 saturated heterocycles. The van der Waals surface area contributed by atoms with Gasteiger partial charge in [0, 0.05) is 30.2 Å². The van der Waals surface area contributed by atoms with Crippen LogP contribution >= 0.6 is 0 Å². The standard InChI is InChI=1S/C26H31N2/c1-19-16-20(2)25(21(3)17-19)26(22-10-6-4-5-7-11-22)24-18-23(12-13-27-24)28-14-8-9-15-28/h8-9,12-16,18,22,26H,4-7,10-11H2,1-3H3. The van der Waals surface area contributed by atoms with Crippen molar-refractivity contribution in [2.45, 2.75) is 65.2 Å². The molecule has 0 spiro atoms. The second kappa shape index (κ2) is 8.34. The summed E-state index contributed by atoms with van der Waals surface area (Å²) in [6.07, 6.45) is 14.2. The van der Waals surface area contributed by atoms with E-state index in [4.69, 9.17) is 4.98 Å². The molecule has 0 amide bonds. The number of rotatable bonds is 4. The van der Waals surface area contributed by atoms with Gasteiger partial charge in [0.1, 0.15) is 0 Å². The zero-order valence-corrected chi connectivity index (χ0v) is 17.4. The van der Waals surface area contributed by atoms with E-state index in [-0.39, 0.29) is 0 Å². The molecule has 1 atom stereocenters. The van der Waals surface area contributed by atoms with E-state index in [0.29, 0.717) is 11.8 Å². The van der Waals surface area contributed by atoms with E-state index in [9.17, 15) is 0 Å². The first-order chi connectivity index (χ1) is 13.6. The number of benzene rings is 1. The summed E-state index contributed by atoms with van der Waals surface area (Å²) < 4.78 is 2.18. The molecule has 0 N–H and O–H groups in total. The Balaban J connectivity index is 1.83. The second-order valence-electron chi connectivity index (χ2n) is 8.43. The van der Waals surface area contributed by atoms with Crippen LogP contribution in [0.5, 0.6) is 0 Å². The van der Waals surface area contributed by atoms with E-state index < -0.39 is 0 Å². The van der Waals surface area contributed by atoms with Crippen molar-refractivity contribution >= 4 is 0 Å². The minimum atomic E-state index is 0.352. The number of nitrogens with zero attached hydrogens (tertiary/aromatic N) is 2. The highest BCUT2D eigenvalue weighted by molar-refractivity contribution is 5.45. The minimum absolute atomic E-state index is 0.352. The van der Waals surface area contributed by atoms with Gasteiger partial charge in [0.2, 0.25) is 0 Å². The van der Waals surface area contributed by atoms with E-state index in [1.807, 2.05) is 6.20 Å². The molecule has 2 heteroatoms. The Kier molecular flexibility index (Phi) is 5.66. The fourth-order valence-electron chi connectivity index (χ4n) is 5.12. The molecule has 4 rings (SSSR count). The average molecular weight is 372 g/mol. The van der Waals surface area contributed by atoms with Crippen molar-refractivity contribution in [2.75, 3.05) is 0 Å². The maximum Gasteiger partial charge on any atom is 0.0502 e. The van der Waals surface area contributed by atoms with Gasteiger partial charge in [0.25, 0.3) is 0 Å². The van der Waals surface area contributed by atoms with Gasteiger partial charge in [0.15, 0.2) is 0 Å². The molecule has 1 unspecified atom stereocenters. The first-order valence-corrected chi connectivity index (χ1v) is 10.7. The molecule has 3 aromatic rings. The van der Waals surface area contributed by atoms with Crippen LogP contribution in [0.15, 0.2) is 48.9 Å². The Morgan fingerprint density at radius 1 is 1.00 bits per heavy atom. The van der Waals surface area contributed by atoms with Gasteiger partial charge >= 0.3 is 0 Å². The van der Waals surface area contributed by atoms with Gasteiger partial charge in [-0.3, -0.25) is 4.98 Å². The monoisotopic (exact) mass is 371 g/mol. The van der Waals surface area contributed by atoms with Crippen LogP contribution in [0, 0.1) is 32.8 Å². The minimum Gasteiger partial charge on any atom is -0.324 e. The third kappa shape index (κ3) is 3.92. The third-order valence-corrected chi connectivity index (χ3v) is 6.31. The van der Waals surface area contributed by atoms with Gasteiger partial charge < -0.3 is 4.57 Å². The quantitative estimate of drug-likeness (QED) is 0.467. The van der Waals surface area contributed by atoms with E-state index in [0.717, 1.165) is 0 Å². The van der Waals surface area contributed by atoms with Crippen molar-refractivity contribution in [2.24, 2.45) is 5.92 Å². The summed E-state index contributed by atoms with van der Waals surface area (Å²) in [5.41, 5.74) is 7.76. The molecule has 28 heavy (non-hydrogen) atoms. The largest absolute Gasteiger partial charge is 0.324 e. The average Bonchev–Trinajstić information content (AvgIpc) is 3.08. The Labute approximate surface area is 169 Å². The SMILES string of the molecule is Cc1[c]c(C)c(C(c2cc(-n3cccc3)ccn2)C2CCCCCC2)c(C)c1. The zero-order chi connectivity index (χ0) is 19.5. The number of aryl methyl sites for hydroxylation is 3. The highest BCUT2D eigenvalue weighted by atomic mass is 14.9. The molecule has 1 aromatic carbocycles. The Morgan fingerprint density at radius 3 is 2.39 bits per heavy atom. The molecule has 0 aliphatic heterocycles. The smallest absolute Gasteiger partial charge is 0.0502 e. The predicted molar refractivity (Wildman–Crippen MR) is 116 cm³/mol. The molecular weight excluding hydrogens is 340 g/mol. The molecule has 1 aliphatic rings. The molecule has 0 bridgehead atoms. The lowest BCUT2D eigenvalue weighted by Crippen LogP contribution is -2.18. The Hall–Kier alpha value is -2.35. The lowest BCUT2D eigenvalue weighted by atomic mass is 9.75. The molecule has 2 nitrogen and oxygen atoms in total. The fourth-order valence-corrected chi connectivity index (χ4v) is 5.12. The first kappa shape index (κ1) is 19.0. The molecule has 1 radical (unpaired) electrons. The molecule has 1 saturated carbocycles. The summed E-state index contributed by atoms with van der Waals surface area (Å²) in [4.78, 5) is 4.91. The van der Waals surface area contributed by atoms with Crippen LogP contribution in [0.3, 0.4) is 0 Å². The zero-order valence-electron chi connectivity index (χ0n) is 17.4. The maximum absolute atomic E-state index is 4.91. The third-order valence-electron chi connectivity index (χ3n) is 6.31. The summed E-state index contributed by atoms with van der Waals surface area (Å²) in [7, 11) is 0. The van der Waals surface area contributed by atoms with Crippen molar-refractivity contribution in [1.29, 1.82) is 0 Å². The van der Waals surface area contributed by atoms with Crippen LogP contribution in [0.4, 0.5) is 0 Å². The van der Waals surface area contributed by atoms with Crippen molar-refractivity contribution in [3.8, 4) is 5.69 Å². The van der Waals surface area contributed by atoms with Gasteiger partial charge in [-0.05, 0) is 92.1 Å². The Bertz CT molecular complexity index is 892. The topological polar surface area (TPSA) is 17.8 Å². The summed E-state index contributed by atoms with van der Waals surface area (Å²) in [5.74, 6) is 1.01. The van der Waals surface area contributed by atoms with Crippen molar-refractivity contribution in [3.63, 3.8) is 0 Å². The number of hydrogen-bond donors (Lipinski definition) is 0. The molecule has 2 heterocycles. The second-order valence-corrected chi connectivity index (χ2v) is 8.43. The van der Waals surface area contributed by atoms with Gasteiger partial charge in [-0.1, -0.05) is 31.7 Å². The van der Waals surface area contributed by atoms with Crippen molar-refractivity contribution in [1.82, 2.24) is 9.55 Å². The van der Waals surface area contributed by atoms with Gasteiger partial charge in [-0.2, -0.15) is 0 Å². The van der Waals surface area contributed by atoms with Gasteiger partial charge in [-0.25, -0.2) is 0 Å². The number of pyridine rings is 1. The van der Waals surface area contributed by atoms with Gasteiger partial charge in [0.05, 0.1) is 5.69 Å². The molecule has 1 aliphatic carbocycles. The molecule has 2 aromatic heterocycles.